The Bertz CT molecular complexity index is 1300. The summed E-state index contributed by atoms with van der Waals surface area (Å²) in [6.45, 7) is 3.40. The van der Waals surface area contributed by atoms with Crippen molar-refractivity contribution >= 4 is 22.9 Å². The summed E-state index contributed by atoms with van der Waals surface area (Å²) < 4.78 is 5.05. The van der Waals surface area contributed by atoms with Crippen molar-refractivity contribution in [2.24, 2.45) is 0 Å². The molecule has 2 heterocycles. The molecule has 0 radical (unpaired) electrons. The van der Waals surface area contributed by atoms with Crippen LogP contribution >= 0.6 is 0 Å². The highest BCUT2D eigenvalue weighted by atomic mass is 16.4. The van der Waals surface area contributed by atoms with Crippen LogP contribution in [-0.4, -0.2) is 58.5 Å². The number of amides is 2. The predicted octanol–water partition coefficient (Wildman–Crippen LogP) is 1.79. The lowest BCUT2D eigenvalue weighted by atomic mass is 9.76. The van der Waals surface area contributed by atoms with Crippen LogP contribution in [0.25, 0.3) is 11.1 Å². The number of nitrogens with zero attached hydrogens (tertiary/aromatic N) is 1. The standard InChI is InChI=1S/C26H30N4O5/c1-16-3-2-4-17(11-16)24(32)27-13-23(31)28-19-14-30(15-19)20-7-9-26(34,10-8-20)18-5-6-22-21(12-18)29-25(33)35-22/h2-6,11-12,19-20,34H,7-10,13-15H2,1H3,(H,27,32)(H,28,31)(H,29,33)/t20-,26-. The van der Waals surface area contributed by atoms with Crippen molar-refractivity contribution in [3.8, 4) is 0 Å². The maximum Gasteiger partial charge on any atom is 0.417 e. The molecule has 0 unspecified atom stereocenters. The average molecular weight is 479 g/mol. The van der Waals surface area contributed by atoms with Gasteiger partial charge in [-0.25, -0.2) is 4.79 Å². The van der Waals surface area contributed by atoms with Crippen LogP contribution < -0.4 is 16.4 Å². The number of likely N-dealkylation sites (tertiary alicyclic amines) is 1. The van der Waals surface area contributed by atoms with Gasteiger partial charge in [0.25, 0.3) is 5.91 Å². The zero-order valence-corrected chi connectivity index (χ0v) is 19.7. The smallest absolute Gasteiger partial charge is 0.408 e. The highest BCUT2D eigenvalue weighted by Gasteiger charge is 2.40. The number of fused-ring (bicyclic) bond motifs is 1. The summed E-state index contributed by atoms with van der Waals surface area (Å²) >= 11 is 0. The molecule has 1 aliphatic carbocycles. The lowest BCUT2D eigenvalue weighted by Crippen LogP contribution is -2.63. The molecule has 0 bridgehead atoms. The van der Waals surface area contributed by atoms with Crippen LogP contribution in [0.4, 0.5) is 0 Å². The maximum atomic E-state index is 12.3. The Kier molecular flexibility index (Phi) is 6.21. The number of aromatic nitrogens is 1. The second-order valence-electron chi connectivity index (χ2n) is 9.76. The molecule has 3 aromatic rings. The zero-order chi connectivity index (χ0) is 24.6. The van der Waals surface area contributed by atoms with Crippen LogP contribution in [0.2, 0.25) is 0 Å². The van der Waals surface area contributed by atoms with Gasteiger partial charge in [0.15, 0.2) is 5.58 Å². The van der Waals surface area contributed by atoms with E-state index in [1.54, 1.807) is 24.3 Å². The highest BCUT2D eigenvalue weighted by molar-refractivity contribution is 5.96. The number of H-pyrrole nitrogens is 1. The van der Waals surface area contributed by atoms with Crippen molar-refractivity contribution < 1.29 is 19.1 Å². The Morgan fingerprint density at radius 1 is 1.17 bits per heavy atom. The van der Waals surface area contributed by atoms with Crippen LogP contribution in [0.1, 0.15) is 47.2 Å². The van der Waals surface area contributed by atoms with Gasteiger partial charge in [0, 0.05) is 24.7 Å². The molecule has 1 aromatic heterocycles. The summed E-state index contributed by atoms with van der Waals surface area (Å²) in [5, 5.41) is 16.9. The molecule has 0 atom stereocenters. The molecule has 2 amide bonds. The van der Waals surface area contributed by atoms with Gasteiger partial charge in [0.05, 0.1) is 23.7 Å². The summed E-state index contributed by atoms with van der Waals surface area (Å²) in [7, 11) is 0. The van der Waals surface area contributed by atoms with Crippen LogP contribution in [0.5, 0.6) is 0 Å². The van der Waals surface area contributed by atoms with Crippen molar-refractivity contribution in [1.82, 2.24) is 20.5 Å². The normalized spacial score (nSPS) is 23.1. The number of aromatic amines is 1. The Balaban J connectivity index is 1.06. The van der Waals surface area contributed by atoms with Gasteiger partial charge in [0.1, 0.15) is 0 Å². The number of aliphatic hydroxyl groups is 1. The van der Waals surface area contributed by atoms with Gasteiger partial charge >= 0.3 is 5.76 Å². The number of rotatable bonds is 6. The van der Waals surface area contributed by atoms with E-state index in [4.69, 9.17) is 4.42 Å². The number of nitrogens with one attached hydrogen (secondary N) is 3. The molecule has 9 heteroatoms. The molecule has 35 heavy (non-hydrogen) atoms. The number of hydrogen-bond acceptors (Lipinski definition) is 6. The lowest BCUT2D eigenvalue weighted by Gasteiger charge is -2.48. The van der Waals surface area contributed by atoms with Gasteiger partial charge in [-0.2, -0.15) is 0 Å². The van der Waals surface area contributed by atoms with Crippen LogP contribution in [-0.2, 0) is 10.4 Å². The minimum Gasteiger partial charge on any atom is -0.408 e. The first-order valence-corrected chi connectivity index (χ1v) is 12.0. The zero-order valence-electron chi connectivity index (χ0n) is 19.7. The Morgan fingerprint density at radius 3 is 2.69 bits per heavy atom. The molecule has 4 N–H and O–H groups in total. The third-order valence-electron chi connectivity index (χ3n) is 7.22. The first kappa shape index (κ1) is 23.3. The summed E-state index contributed by atoms with van der Waals surface area (Å²) in [4.78, 5) is 40.9. The second-order valence-corrected chi connectivity index (χ2v) is 9.76. The Hall–Kier alpha value is -3.43. The number of benzene rings is 2. The quantitative estimate of drug-likeness (QED) is 0.428. The summed E-state index contributed by atoms with van der Waals surface area (Å²) in [5.74, 6) is -0.950. The average Bonchev–Trinajstić information content (AvgIpc) is 3.19. The fourth-order valence-corrected chi connectivity index (χ4v) is 5.21. The topological polar surface area (TPSA) is 128 Å². The van der Waals surface area contributed by atoms with Crippen molar-refractivity contribution in [2.75, 3.05) is 19.6 Å². The van der Waals surface area contributed by atoms with E-state index in [9.17, 15) is 19.5 Å². The van der Waals surface area contributed by atoms with E-state index >= 15 is 0 Å². The van der Waals surface area contributed by atoms with Gasteiger partial charge in [-0.1, -0.05) is 23.8 Å². The van der Waals surface area contributed by atoms with Crippen LogP contribution in [0.15, 0.2) is 51.7 Å². The Labute approximate surface area is 202 Å². The third kappa shape index (κ3) is 5.01. The van der Waals surface area contributed by atoms with E-state index in [1.165, 1.54) is 0 Å². The van der Waals surface area contributed by atoms with Gasteiger partial charge < -0.3 is 20.2 Å². The second kappa shape index (κ2) is 9.31. The lowest BCUT2D eigenvalue weighted by molar-refractivity contribution is -0.122. The van der Waals surface area contributed by atoms with E-state index < -0.39 is 11.4 Å². The van der Waals surface area contributed by atoms with Crippen molar-refractivity contribution in [1.29, 1.82) is 0 Å². The fraction of sp³-hybridized carbons (Fsp3) is 0.423. The monoisotopic (exact) mass is 478 g/mol. The van der Waals surface area contributed by atoms with Crippen molar-refractivity contribution in [2.45, 2.75) is 50.3 Å². The largest absolute Gasteiger partial charge is 0.417 e. The molecule has 5 rings (SSSR count). The van der Waals surface area contributed by atoms with E-state index in [-0.39, 0.29) is 24.4 Å². The SMILES string of the molecule is Cc1cccc(C(=O)NCC(=O)NC2CN([C@H]3CC[C@@](O)(c4ccc5oc(=O)[nH]c5c4)CC3)C2)c1. The van der Waals surface area contributed by atoms with E-state index in [0.29, 0.717) is 35.5 Å². The first-order chi connectivity index (χ1) is 16.8. The minimum atomic E-state index is -0.924. The molecule has 2 aliphatic rings. The van der Waals surface area contributed by atoms with Gasteiger partial charge in [-0.05, 0) is 62.4 Å². The molecule has 1 aliphatic heterocycles. The van der Waals surface area contributed by atoms with E-state index in [2.05, 4.69) is 20.5 Å². The maximum absolute atomic E-state index is 12.3. The van der Waals surface area contributed by atoms with E-state index in [1.807, 2.05) is 25.1 Å². The van der Waals surface area contributed by atoms with Gasteiger partial charge in [-0.15, -0.1) is 0 Å². The summed E-state index contributed by atoms with van der Waals surface area (Å²) in [5.41, 5.74) is 2.49. The molecular formula is C26H30N4O5. The Morgan fingerprint density at radius 2 is 1.94 bits per heavy atom. The van der Waals surface area contributed by atoms with Gasteiger partial charge in [-0.3, -0.25) is 19.5 Å². The molecule has 0 spiro atoms. The number of carbonyl (C=O) groups excluding carboxylic acids is 2. The molecule has 2 fully saturated rings. The van der Waals surface area contributed by atoms with E-state index in [0.717, 1.165) is 37.1 Å². The molecule has 9 nitrogen and oxygen atoms in total. The fourth-order valence-electron chi connectivity index (χ4n) is 5.21. The third-order valence-corrected chi connectivity index (χ3v) is 7.22. The number of oxazole rings is 1. The van der Waals surface area contributed by atoms with Crippen LogP contribution in [0.3, 0.4) is 0 Å². The van der Waals surface area contributed by atoms with Crippen LogP contribution in [0, 0.1) is 6.92 Å². The number of hydrogen-bond donors (Lipinski definition) is 4. The molecule has 2 aromatic carbocycles. The van der Waals surface area contributed by atoms with Crippen molar-refractivity contribution in [3.63, 3.8) is 0 Å². The summed E-state index contributed by atoms with van der Waals surface area (Å²) in [6, 6.07) is 13.0. The van der Waals surface area contributed by atoms with Crippen molar-refractivity contribution in [3.05, 3.63) is 69.7 Å². The molecule has 1 saturated carbocycles. The molecule has 184 valence electrons. The predicted molar refractivity (Wildman–Crippen MR) is 130 cm³/mol. The summed E-state index contributed by atoms with van der Waals surface area (Å²) in [6.07, 6.45) is 2.96. The molecular weight excluding hydrogens is 448 g/mol. The minimum absolute atomic E-state index is 0.0496. The number of carbonyl (C=O) groups is 2. The van der Waals surface area contributed by atoms with Gasteiger partial charge in [0.2, 0.25) is 5.91 Å². The highest BCUT2D eigenvalue weighted by Crippen LogP contribution is 2.40. The first-order valence-electron chi connectivity index (χ1n) is 12.0. The molecule has 1 saturated heterocycles. The number of aryl methyl sites for hydroxylation is 1.